The molecule has 0 amide bonds. The molecule has 4 heteroatoms. The second kappa shape index (κ2) is 15.6. The number of hydrogen-bond acceptors (Lipinski definition) is 3. The van der Waals surface area contributed by atoms with Crippen molar-refractivity contribution in [2.45, 2.75) is 19.3 Å². The quantitative estimate of drug-likeness (QED) is 0.161. The molecule has 4 nitrogen and oxygen atoms in total. The van der Waals surface area contributed by atoms with Crippen molar-refractivity contribution in [1.29, 1.82) is 5.26 Å². The summed E-state index contributed by atoms with van der Waals surface area (Å²) in [5, 5.41) is 13.1. The summed E-state index contributed by atoms with van der Waals surface area (Å²) in [6.45, 7) is 4.68. The molecule has 0 bridgehead atoms. The summed E-state index contributed by atoms with van der Waals surface area (Å²) in [5.74, 6) is 0.655. The van der Waals surface area contributed by atoms with Gasteiger partial charge >= 0.3 is 0 Å². The number of para-hydroxylation sites is 1. The molecule has 0 spiro atoms. The lowest BCUT2D eigenvalue weighted by molar-refractivity contribution is 0.661. The first kappa shape index (κ1) is 39.0. The van der Waals surface area contributed by atoms with Crippen LogP contribution < -0.4 is 0 Å². The minimum Gasteiger partial charge on any atom is -0.309 e. The first-order valence-electron chi connectivity index (χ1n) is 22.4. The molecule has 11 aromatic rings. The Hall–Kier alpha value is -8.65. The molecular formula is C62H42N4. The summed E-state index contributed by atoms with van der Waals surface area (Å²) in [6.07, 6.45) is 0. The fraction of sp³-hybridized carbons (Fsp3) is 0.0484. The van der Waals surface area contributed by atoms with Crippen LogP contribution in [0.25, 0.3) is 106 Å². The number of fused-ring (bicyclic) bond motifs is 6. The van der Waals surface area contributed by atoms with Crippen molar-refractivity contribution in [1.82, 2.24) is 14.5 Å². The van der Waals surface area contributed by atoms with Gasteiger partial charge in [-0.15, -0.1) is 0 Å². The normalized spacial score (nSPS) is 12.5. The highest BCUT2D eigenvalue weighted by molar-refractivity contribution is 6.12. The molecule has 0 unspecified atom stereocenters. The Morgan fingerprint density at radius 3 is 1.73 bits per heavy atom. The Bertz CT molecular complexity index is 3650. The van der Waals surface area contributed by atoms with Gasteiger partial charge < -0.3 is 4.57 Å². The molecule has 0 N–H and O–H groups in total. The Kier molecular flexibility index (Phi) is 9.19. The second-order valence-electron chi connectivity index (χ2n) is 17.7. The molecular weight excluding hydrogens is 801 g/mol. The summed E-state index contributed by atoms with van der Waals surface area (Å²) in [6, 6.07) is 79.4. The highest BCUT2D eigenvalue weighted by Crippen LogP contribution is 2.51. The van der Waals surface area contributed by atoms with Crippen molar-refractivity contribution in [2.24, 2.45) is 0 Å². The molecule has 2 aromatic heterocycles. The third-order valence-electron chi connectivity index (χ3n) is 13.5. The third kappa shape index (κ3) is 6.52. The van der Waals surface area contributed by atoms with Crippen LogP contribution in [0.4, 0.5) is 0 Å². The molecule has 0 radical (unpaired) electrons. The average molecular weight is 843 g/mol. The SMILES string of the molecule is CC1(C)c2ccccc2-c2cc3c4ccccc4n(-c4cc(-c5ccc(-c6ccc(-c7ccccc7)cc6)c(C#N)c5)cc(-c5cc(-c6ccccc6)nc(-c6ccccc6)n5)c4)c3cc21. The lowest BCUT2D eigenvalue weighted by Gasteiger charge is -2.22. The summed E-state index contributed by atoms with van der Waals surface area (Å²) in [7, 11) is 0. The van der Waals surface area contributed by atoms with Gasteiger partial charge in [0.15, 0.2) is 5.82 Å². The van der Waals surface area contributed by atoms with E-state index in [1.54, 1.807) is 0 Å². The minimum absolute atomic E-state index is 0.172. The highest BCUT2D eigenvalue weighted by atomic mass is 15.0. The molecule has 12 rings (SSSR count). The molecule has 0 saturated carbocycles. The molecule has 66 heavy (non-hydrogen) atoms. The Balaban J connectivity index is 1.09. The molecule has 2 heterocycles. The van der Waals surface area contributed by atoms with Gasteiger partial charge in [-0.1, -0.05) is 184 Å². The van der Waals surface area contributed by atoms with Gasteiger partial charge in [0, 0.05) is 38.6 Å². The Labute approximate surface area is 384 Å². The number of hydrogen-bond donors (Lipinski definition) is 0. The summed E-state index contributed by atoms with van der Waals surface area (Å²) >= 11 is 0. The smallest absolute Gasteiger partial charge is 0.160 e. The molecule has 0 saturated heterocycles. The number of nitrogens with zero attached hydrogens (tertiary/aromatic N) is 4. The lowest BCUT2D eigenvalue weighted by atomic mass is 9.82. The molecule has 9 aromatic carbocycles. The molecule has 1 aliphatic rings. The van der Waals surface area contributed by atoms with E-state index in [0.717, 1.165) is 78.2 Å². The Morgan fingerprint density at radius 2 is 0.985 bits per heavy atom. The summed E-state index contributed by atoms with van der Waals surface area (Å²) < 4.78 is 2.42. The van der Waals surface area contributed by atoms with Gasteiger partial charge in [-0.05, 0) is 104 Å². The fourth-order valence-corrected chi connectivity index (χ4v) is 10.1. The predicted octanol–water partition coefficient (Wildman–Crippen LogP) is 15.8. The van der Waals surface area contributed by atoms with Crippen molar-refractivity contribution in [3.63, 3.8) is 0 Å². The maximum absolute atomic E-state index is 10.7. The van der Waals surface area contributed by atoms with Crippen molar-refractivity contribution in [3.8, 4) is 90.2 Å². The monoisotopic (exact) mass is 842 g/mol. The number of aromatic nitrogens is 3. The van der Waals surface area contributed by atoms with Crippen LogP contribution in [0.5, 0.6) is 0 Å². The van der Waals surface area contributed by atoms with Gasteiger partial charge in [0.05, 0.1) is 34.1 Å². The van der Waals surface area contributed by atoms with E-state index in [1.165, 1.54) is 33.0 Å². The van der Waals surface area contributed by atoms with Gasteiger partial charge in [0.1, 0.15) is 0 Å². The standard InChI is InChI=1S/C62H42N4/c1-62(2)55-24-14-12-22-51(55)53-36-54-52-23-13-15-25-59(52)66(60(54)37-56(53)62)49-34-46(45-30-31-50(48(32-45)39-63)42-28-26-41(27-29-42)40-16-6-3-7-17-40)33-47(35-49)58-38-57(43-18-8-4-9-19-43)64-61(65-58)44-20-10-5-11-21-44/h3-38H,1-2H3. The third-order valence-corrected chi connectivity index (χ3v) is 13.5. The van der Waals surface area contributed by atoms with Crippen LogP contribution in [-0.2, 0) is 5.41 Å². The number of benzene rings is 9. The van der Waals surface area contributed by atoms with Crippen LogP contribution in [0.3, 0.4) is 0 Å². The predicted molar refractivity (Wildman–Crippen MR) is 271 cm³/mol. The number of nitriles is 1. The van der Waals surface area contributed by atoms with Gasteiger partial charge in [-0.3, -0.25) is 0 Å². The van der Waals surface area contributed by atoms with E-state index in [1.807, 2.05) is 48.5 Å². The largest absolute Gasteiger partial charge is 0.309 e. The van der Waals surface area contributed by atoms with E-state index >= 15 is 0 Å². The van der Waals surface area contributed by atoms with E-state index in [4.69, 9.17) is 9.97 Å². The van der Waals surface area contributed by atoms with E-state index in [0.29, 0.717) is 11.4 Å². The zero-order valence-electron chi connectivity index (χ0n) is 36.6. The first-order chi connectivity index (χ1) is 32.4. The van der Waals surface area contributed by atoms with Crippen LogP contribution in [0.1, 0.15) is 30.5 Å². The van der Waals surface area contributed by atoms with E-state index < -0.39 is 0 Å². The van der Waals surface area contributed by atoms with Crippen molar-refractivity contribution in [3.05, 3.63) is 235 Å². The van der Waals surface area contributed by atoms with Crippen LogP contribution in [0, 0.1) is 11.3 Å². The molecule has 1 aliphatic carbocycles. The first-order valence-corrected chi connectivity index (χ1v) is 22.4. The summed E-state index contributed by atoms with van der Waals surface area (Å²) in [5.41, 5.74) is 19.6. The topological polar surface area (TPSA) is 54.5 Å². The van der Waals surface area contributed by atoms with Crippen molar-refractivity contribution < 1.29 is 0 Å². The van der Waals surface area contributed by atoms with Gasteiger partial charge in [0.2, 0.25) is 0 Å². The van der Waals surface area contributed by atoms with Gasteiger partial charge in [-0.2, -0.15) is 5.26 Å². The number of rotatable bonds is 7. The Morgan fingerprint density at radius 1 is 0.394 bits per heavy atom. The van der Waals surface area contributed by atoms with Crippen LogP contribution >= 0.6 is 0 Å². The van der Waals surface area contributed by atoms with Gasteiger partial charge in [-0.25, -0.2) is 9.97 Å². The van der Waals surface area contributed by atoms with Crippen molar-refractivity contribution in [2.75, 3.05) is 0 Å². The molecule has 0 atom stereocenters. The molecule has 310 valence electrons. The van der Waals surface area contributed by atoms with Crippen LogP contribution in [0.2, 0.25) is 0 Å². The van der Waals surface area contributed by atoms with E-state index in [9.17, 15) is 5.26 Å². The summed E-state index contributed by atoms with van der Waals surface area (Å²) in [4.78, 5) is 10.4. The zero-order valence-corrected chi connectivity index (χ0v) is 36.6. The average Bonchev–Trinajstić information content (AvgIpc) is 3.83. The maximum atomic E-state index is 10.7. The van der Waals surface area contributed by atoms with Crippen molar-refractivity contribution >= 4 is 21.8 Å². The fourth-order valence-electron chi connectivity index (χ4n) is 10.1. The molecule has 0 fully saturated rings. The minimum atomic E-state index is -0.172. The van der Waals surface area contributed by atoms with Crippen LogP contribution in [-0.4, -0.2) is 14.5 Å². The zero-order chi connectivity index (χ0) is 44.4. The molecule has 0 aliphatic heterocycles. The van der Waals surface area contributed by atoms with Gasteiger partial charge in [0.25, 0.3) is 0 Å². The lowest BCUT2D eigenvalue weighted by Crippen LogP contribution is -2.15. The maximum Gasteiger partial charge on any atom is 0.160 e. The highest BCUT2D eigenvalue weighted by Gasteiger charge is 2.36. The second-order valence-corrected chi connectivity index (χ2v) is 17.7. The van der Waals surface area contributed by atoms with Crippen LogP contribution in [0.15, 0.2) is 218 Å². The van der Waals surface area contributed by atoms with E-state index in [2.05, 4.69) is 194 Å². The van der Waals surface area contributed by atoms with E-state index in [-0.39, 0.29) is 5.41 Å².